The number of nitrogens with zero attached hydrogens (tertiary/aromatic N) is 1. The maximum atomic E-state index is 12.4. The number of sulfonamides is 1. The van der Waals surface area contributed by atoms with E-state index in [0.29, 0.717) is 4.31 Å². The van der Waals surface area contributed by atoms with Crippen molar-refractivity contribution in [3.05, 3.63) is 65.7 Å². The Morgan fingerprint density at radius 2 is 1.68 bits per heavy atom. The average molecular weight is 402 g/mol. The minimum absolute atomic E-state index is 0.0560. The first-order valence-electron chi connectivity index (χ1n) is 8.52. The Labute approximate surface area is 162 Å². The molecular formula is C19H18N2O6S. The Balaban J connectivity index is 1.45. The molecule has 2 aromatic carbocycles. The topological polar surface area (TPSA) is 110 Å². The second-order valence-corrected chi connectivity index (χ2v) is 7.87. The summed E-state index contributed by atoms with van der Waals surface area (Å²) in [5, 5.41) is 2.44. The number of nitrogens with one attached hydrogen (secondary N) is 1. The molecule has 1 heterocycles. The quantitative estimate of drug-likeness (QED) is 0.684. The molecule has 8 nitrogen and oxygen atoms in total. The molecule has 0 aromatic heterocycles. The molecule has 0 spiro atoms. The Morgan fingerprint density at radius 3 is 2.39 bits per heavy atom. The van der Waals surface area contributed by atoms with E-state index in [9.17, 15) is 22.8 Å². The van der Waals surface area contributed by atoms with Gasteiger partial charge < -0.3 is 10.1 Å². The summed E-state index contributed by atoms with van der Waals surface area (Å²) in [6.45, 7) is -0.932. The normalized spacial score (nSPS) is 14.4. The van der Waals surface area contributed by atoms with Crippen molar-refractivity contribution in [2.75, 3.05) is 19.7 Å². The number of hydrogen-bond acceptors (Lipinski definition) is 6. The second-order valence-electron chi connectivity index (χ2n) is 6.04. The number of esters is 1. The zero-order valence-electron chi connectivity index (χ0n) is 14.8. The van der Waals surface area contributed by atoms with E-state index >= 15 is 0 Å². The smallest absolute Gasteiger partial charge is 0.325 e. The molecule has 1 aliphatic rings. The summed E-state index contributed by atoms with van der Waals surface area (Å²) in [6.07, 6.45) is 0.132. The lowest BCUT2D eigenvalue weighted by Gasteiger charge is -2.15. The molecule has 2 amide bonds. The van der Waals surface area contributed by atoms with Crippen LogP contribution in [0.25, 0.3) is 0 Å². The largest absolute Gasteiger partial charge is 0.462 e. The van der Waals surface area contributed by atoms with Gasteiger partial charge in [-0.25, -0.2) is 12.7 Å². The number of benzene rings is 2. The fourth-order valence-electron chi connectivity index (χ4n) is 2.76. The standard InChI is InChI=1S/C19H18N2O6S/c22-17(12-14-6-2-1-3-7-14)20-13-18(23)27-11-10-21-19(24)15-8-4-5-9-16(15)28(21,25)26/h1-9H,10-13H2,(H,20,22). The number of fused-ring (bicyclic) bond motifs is 1. The Bertz CT molecular complexity index is 1000. The molecule has 1 aliphatic heterocycles. The van der Waals surface area contributed by atoms with Crippen molar-refractivity contribution in [3.8, 4) is 0 Å². The Hall–Kier alpha value is -3.20. The first kappa shape index (κ1) is 19.6. The molecule has 9 heteroatoms. The van der Waals surface area contributed by atoms with Gasteiger partial charge in [-0.1, -0.05) is 42.5 Å². The molecule has 0 saturated carbocycles. The van der Waals surface area contributed by atoms with Crippen molar-refractivity contribution in [2.45, 2.75) is 11.3 Å². The van der Waals surface area contributed by atoms with Gasteiger partial charge in [0.05, 0.1) is 18.5 Å². The molecule has 1 N–H and O–H groups in total. The maximum absolute atomic E-state index is 12.4. The highest BCUT2D eigenvalue weighted by Gasteiger charge is 2.40. The van der Waals surface area contributed by atoms with Gasteiger partial charge in [-0.2, -0.15) is 0 Å². The van der Waals surface area contributed by atoms with Crippen LogP contribution in [-0.2, 0) is 30.8 Å². The molecule has 0 bridgehead atoms. The molecule has 0 fully saturated rings. The van der Waals surface area contributed by atoms with Gasteiger partial charge >= 0.3 is 5.97 Å². The third-order valence-electron chi connectivity index (χ3n) is 4.11. The first-order chi connectivity index (χ1) is 13.4. The number of carbonyl (C=O) groups excluding carboxylic acids is 3. The summed E-state index contributed by atoms with van der Waals surface area (Å²) in [5.74, 6) is -1.71. The zero-order valence-corrected chi connectivity index (χ0v) is 15.6. The predicted octanol–water partition coefficient (Wildman–Crippen LogP) is 0.733. The summed E-state index contributed by atoms with van der Waals surface area (Å²) < 4.78 is 30.3. The van der Waals surface area contributed by atoms with Crippen LogP contribution in [0, 0.1) is 0 Å². The molecule has 0 saturated heterocycles. The number of ether oxygens (including phenoxy) is 1. The molecule has 0 radical (unpaired) electrons. The molecule has 0 unspecified atom stereocenters. The SMILES string of the molecule is O=C(Cc1ccccc1)NCC(=O)OCCN1C(=O)c2ccccc2S1(=O)=O. The fraction of sp³-hybridized carbons (Fsp3) is 0.211. The van der Waals surface area contributed by atoms with Crippen LogP contribution >= 0.6 is 0 Å². The average Bonchev–Trinajstić information content (AvgIpc) is 2.88. The fourth-order valence-corrected chi connectivity index (χ4v) is 4.31. The lowest BCUT2D eigenvalue weighted by molar-refractivity contribution is -0.143. The van der Waals surface area contributed by atoms with Crippen molar-refractivity contribution in [2.24, 2.45) is 0 Å². The van der Waals surface area contributed by atoms with E-state index in [1.807, 2.05) is 18.2 Å². The summed E-state index contributed by atoms with van der Waals surface area (Å²) in [4.78, 5) is 35.7. The van der Waals surface area contributed by atoms with Crippen molar-refractivity contribution in [3.63, 3.8) is 0 Å². The van der Waals surface area contributed by atoms with Crippen LogP contribution in [0.15, 0.2) is 59.5 Å². The second kappa shape index (κ2) is 8.22. The van der Waals surface area contributed by atoms with Gasteiger partial charge in [0.2, 0.25) is 5.91 Å². The summed E-state index contributed by atoms with van der Waals surface area (Å²) >= 11 is 0. The van der Waals surface area contributed by atoms with E-state index in [-0.39, 0.29) is 42.5 Å². The number of carbonyl (C=O) groups is 3. The van der Waals surface area contributed by atoms with Gasteiger partial charge in [-0.15, -0.1) is 0 Å². The Morgan fingerprint density at radius 1 is 1.00 bits per heavy atom. The van der Waals surface area contributed by atoms with Crippen LogP contribution in [-0.4, -0.2) is 50.2 Å². The van der Waals surface area contributed by atoms with Crippen LogP contribution in [0.3, 0.4) is 0 Å². The van der Waals surface area contributed by atoms with Gasteiger partial charge in [0, 0.05) is 0 Å². The zero-order chi connectivity index (χ0) is 20.1. The van der Waals surface area contributed by atoms with Crippen molar-refractivity contribution in [1.82, 2.24) is 9.62 Å². The Kier molecular flexibility index (Phi) is 5.74. The summed E-state index contributed by atoms with van der Waals surface area (Å²) in [5.41, 5.74) is 0.910. The van der Waals surface area contributed by atoms with E-state index < -0.39 is 21.9 Å². The molecule has 0 atom stereocenters. The highest BCUT2D eigenvalue weighted by atomic mass is 32.2. The third-order valence-corrected chi connectivity index (χ3v) is 5.95. The van der Waals surface area contributed by atoms with Crippen molar-refractivity contribution in [1.29, 1.82) is 0 Å². The van der Waals surface area contributed by atoms with Gasteiger partial charge in [-0.05, 0) is 17.7 Å². The van der Waals surface area contributed by atoms with E-state index in [2.05, 4.69) is 5.32 Å². The number of amides is 2. The van der Waals surface area contributed by atoms with Crippen LogP contribution in [0.5, 0.6) is 0 Å². The van der Waals surface area contributed by atoms with E-state index in [1.54, 1.807) is 18.2 Å². The molecule has 0 aliphatic carbocycles. The monoisotopic (exact) mass is 402 g/mol. The minimum atomic E-state index is -3.93. The lowest BCUT2D eigenvalue weighted by Crippen LogP contribution is -2.35. The van der Waals surface area contributed by atoms with E-state index in [0.717, 1.165) is 5.56 Å². The number of hydrogen-bond donors (Lipinski definition) is 1. The van der Waals surface area contributed by atoms with Crippen molar-refractivity contribution >= 4 is 27.8 Å². The minimum Gasteiger partial charge on any atom is -0.462 e. The molecule has 146 valence electrons. The third kappa shape index (κ3) is 4.20. The summed E-state index contributed by atoms with van der Waals surface area (Å²) in [6, 6.07) is 14.9. The molecule has 2 aromatic rings. The highest BCUT2D eigenvalue weighted by Crippen LogP contribution is 2.29. The van der Waals surface area contributed by atoms with Gasteiger partial charge in [0.1, 0.15) is 18.0 Å². The van der Waals surface area contributed by atoms with Gasteiger partial charge in [0.25, 0.3) is 15.9 Å². The highest BCUT2D eigenvalue weighted by molar-refractivity contribution is 7.90. The van der Waals surface area contributed by atoms with E-state index in [4.69, 9.17) is 4.74 Å². The van der Waals surface area contributed by atoms with Crippen LogP contribution < -0.4 is 5.32 Å². The molecule has 28 heavy (non-hydrogen) atoms. The van der Waals surface area contributed by atoms with E-state index in [1.165, 1.54) is 18.2 Å². The predicted molar refractivity (Wildman–Crippen MR) is 98.8 cm³/mol. The first-order valence-corrected chi connectivity index (χ1v) is 9.96. The van der Waals surface area contributed by atoms with Crippen LogP contribution in [0.2, 0.25) is 0 Å². The summed E-state index contributed by atoms with van der Waals surface area (Å²) in [7, 11) is -3.93. The van der Waals surface area contributed by atoms with Crippen LogP contribution in [0.4, 0.5) is 0 Å². The lowest BCUT2D eigenvalue weighted by atomic mass is 10.1. The molecular weight excluding hydrogens is 384 g/mol. The van der Waals surface area contributed by atoms with Crippen LogP contribution in [0.1, 0.15) is 15.9 Å². The van der Waals surface area contributed by atoms with Gasteiger partial charge in [0.15, 0.2) is 0 Å². The van der Waals surface area contributed by atoms with Crippen molar-refractivity contribution < 1.29 is 27.5 Å². The number of rotatable bonds is 7. The van der Waals surface area contributed by atoms with Gasteiger partial charge in [-0.3, -0.25) is 14.4 Å². The maximum Gasteiger partial charge on any atom is 0.325 e. The molecule has 3 rings (SSSR count).